The van der Waals surface area contributed by atoms with Crippen LogP contribution in [-0.2, 0) is 6.54 Å². The zero-order valence-electron chi connectivity index (χ0n) is 18.5. The molecule has 9 heteroatoms. The van der Waals surface area contributed by atoms with Gasteiger partial charge in [-0.3, -0.25) is 4.90 Å². The number of aromatic nitrogens is 2. The van der Waals surface area contributed by atoms with Gasteiger partial charge in [-0.25, -0.2) is 4.79 Å². The average Bonchev–Trinajstić information content (AvgIpc) is 3.54. The first-order valence-corrected chi connectivity index (χ1v) is 11.8. The summed E-state index contributed by atoms with van der Waals surface area (Å²) < 4.78 is 11.1. The van der Waals surface area contributed by atoms with E-state index < -0.39 is 6.04 Å². The third-order valence-electron chi connectivity index (χ3n) is 5.65. The Morgan fingerprint density at radius 3 is 2.79 bits per heavy atom. The molecule has 0 radical (unpaired) electrons. The molecule has 1 aliphatic heterocycles. The van der Waals surface area contributed by atoms with Crippen LogP contribution < -0.4 is 10.1 Å². The first-order chi connectivity index (χ1) is 16.5. The van der Waals surface area contributed by atoms with Gasteiger partial charge in [0.15, 0.2) is 0 Å². The van der Waals surface area contributed by atoms with Crippen molar-refractivity contribution in [2.45, 2.75) is 19.5 Å². The highest BCUT2D eigenvalue weighted by molar-refractivity contribution is 7.13. The fraction of sp³-hybridized carbons (Fsp3) is 0.160. The highest BCUT2D eigenvalue weighted by Crippen LogP contribution is 2.39. The predicted molar refractivity (Wildman–Crippen MR) is 131 cm³/mol. The number of carbonyl (C=O) groups excluding carboxylic acids is 1. The van der Waals surface area contributed by atoms with E-state index in [0.717, 1.165) is 27.3 Å². The number of hydrogen-bond donors (Lipinski definition) is 1. The quantitative estimate of drug-likeness (QED) is 0.348. The number of methoxy groups -OCH3 is 1. The van der Waals surface area contributed by atoms with Gasteiger partial charge in [-0.1, -0.05) is 47.1 Å². The molecule has 2 aromatic carbocycles. The number of nitrogens with zero attached hydrogens (tertiary/aromatic N) is 3. The molecule has 5 rings (SSSR count). The lowest BCUT2D eigenvalue weighted by Gasteiger charge is -2.35. The minimum Gasteiger partial charge on any atom is -0.497 e. The SMILES string of the molecule is COc1cccc(C2NC(=O)N(Cc3cccc(Cl)c3)C(C)=C2c2nc(-c3cccs3)no2)c1. The van der Waals surface area contributed by atoms with Crippen molar-refractivity contribution in [1.29, 1.82) is 0 Å². The van der Waals surface area contributed by atoms with E-state index >= 15 is 0 Å². The molecule has 1 unspecified atom stereocenters. The van der Waals surface area contributed by atoms with Gasteiger partial charge in [0.1, 0.15) is 5.75 Å². The molecular formula is C25H21ClN4O3S. The molecule has 7 nitrogen and oxygen atoms in total. The van der Waals surface area contributed by atoms with Crippen molar-refractivity contribution in [2.75, 3.05) is 7.11 Å². The van der Waals surface area contributed by atoms with Gasteiger partial charge in [0, 0.05) is 10.7 Å². The van der Waals surface area contributed by atoms with Crippen LogP contribution in [0.15, 0.2) is 76.3 Å². The molecule has 2 amide bonds. The number of allylic oxidation sites excluding steroid dienone is 1. The monoisotopic (exact) mass is 492 g/mol. The van der Waals surface area contributed by atoms with Crippen molar-refractivity contribution in [1.82, 2.24) is 20.4 Å². The van der Waals surface area contributed by atoms with Crippen LogP contribution in [0.25, 0.3) is 16.3 Å². The van der Waals surface area contributed by atoms with Crippen LogP contribution in [0.1, 0.15) is 30.0 Å². The van der Waals surface area contributed by atoms with E-state index in [-0.39, 0.29) is 6.03 Å². The summed E-state index contributed by atoms with van der Waals surface area (Å²) in [6.07, 6.45) is 0. The molecular weight excluding hydrogens is 472 g/mol. The summed E-state index contributed by atoms with van der Waals surface area (Å²) in [5, 5.41) is 9.87. The Labute approximate surface area is 205 Å². The maximum absolute atomic E-state index is 13.3. The summed E-state index contributed by atoms with van der Waals surface area (Å²) >= 11 is 7.70. The number of amides is 2. The second-order valence-corrected chi connectivity index (χ2v) is 9.16. The van der Waals surface area contributed by atoms with Crippen LogP contribution in [-0.4, -0.2) is 28.2 Å². The highest BCUT2D eigenvalue weighted by Gasteiger charge is 2.36. The van der Waals surface area contributed by atoms with Crippen LogP contribution in [0.5, 0.6) is 5.75 Å². The number of halogens is 1. The Bertz CT molecular complexity index is 1370. The number of rotatable bonds is 6. The molecule has 172 valence electrons. The topological polar surface area (TPSA) is 80.5 Å². The molecule has 4 aromatic rings. The zero-order valence-corrected chi connectivity index (χ0v) is 20.1. The minimum atomic E-state index is -0.491. The van der Waals surface area contributed by atoms with Crippen molar-refractivity contribution in [3.05, 3.63) is 93.8 Å². The van der Waals surface area contributed by atoms with Crippen LogP contribution >= 0.6 is 22.9 Å². The number of ether oxygens (including phenoxy) is 1. The summed E-state index contributed by atoms with van der Waals surface area (Å²) in [6.45, 7) is 2.24. The van der Waals surface area contributed by atoms with Gasteiger partial charge < -0.3 is 14.6 Å². The molecule has 0 saturated carbocycles. The van der Waals surface area contributed by atoms with Crippen molar-refractivity contribution < 1.29 is 14.1 Å². The van der Waals surface area contributed by atoms with Gasteiger partial charge in [0.05, 0.1) is 30.1 Å². The fourth-order valence-electron chi connectivity index (χ4n) is 3.98. The van der Waals surface area contributed by atoms with E-state index in [2.05, 4.69) is 15.5 Å². The van der Waals surface area contributed by atoms with Gasteiger partial charge in [-0.15, -0.1) is 11.3 Å². The van der Waals surface area contributed by atoms with Gasteiger partial charge >= 0.3 is 6.03 Å². The number of nitrogens with one attached hydrogen (secondary N) is 1. The van der Waals surface area contributed by atoms with Crippen molar-refractivity contribution in [3.8, 4) is 16.5 Å². The first kappa shape index (κ1) is 22.2. The second-order valence-electron chi connectivity index (χ2n) is 7.77. The number of thiophene rings is 1. The van der Waals surface area contributed by atoms with E-state index in [4.69, 9.17) is 20.9 Å². The Balaban J connectivity index is 1.61. The van der Waals surface area contributed by atoms with Crippen LogP contribution in [0.4, 0.5) is 4.79 Å². The number of urea groups is 1. The Hall–Kier alpha value is -3.62. The molecule has 1 atom stereocenters. The van der Waals surface area contributed by atoms with Gasteiger partial charge in [0.2, 0.25) is 5.82 Å². The first-order valence-electron chi connectivity index (χ1n) is 10.6. The lowest BCUT2D eigenvalue weighted by Crippen LogP contribution is -2.45. The Morgan fingerprint density at radius 1 is 1.18 bits per heavy atom. The normalized spacial score (nSPS) is 16.0. The molecule has 1 N–H and O–H groups in total. The molecule has 34 heavy (non-hydrogen) atoms. The van der Waals surface area contributed by atoms with Gasteiger partial charge in [0.25, 0.3) is 5.89 Å². The smallest absolute Gasteiger partial charge is 0.322 e. The van der Waals surface area contributed by atoms with Crippen molar-refractivity contribution in [2.24, 2.45) is 0 Å². The van der Waals surface area contributed by atoms with E-state index in [1.165, 1.54) is 11.3 Å². The fourth-order valence-corrected chi connectivity index (χ4v) is 4.84. The highest BCUT2D eigenvalue weighted by atomic mass is 35.5. The number of benzene rings is 2. The minimum absolute atomic E-state index is 0.230. The standard InChI is InChI=1S/C25H21ClN4O3S/c1-15-21(24-28-23(29-33-24)20-10-5-11-34-20)22(17-7-4-9-19(13-17)32-2)27-25(31)30(15)14-16-6-3-8-18(26)12-16/h3-13,22H,14H2,1-2H3,(H,27,31). The van der Waals surface area contributed by atoms with E-state index in [9.17, 15) is 4.79 Å². The van der Waals surface area contributed by atoms with E-state index in [1.807, 2.05) is 66.9 Å². The molecule has 0 spiro atoms. The number of carbonyl (C=O) groups is 1. The van der Waals surface area contributed by atoms with E-state index in [1.54, 1.807) is 18.1 Å². The second kappa shape index (κ2) is 9.32. The van der Waals surface area contributed by atoms with Gasteiger partial charge in [-0.2, -0.15) is 4.98 Å². The van der Waals surface area contributed by atoms with Crippen LogP contribution in [0.3, 0.4) is 0 Å². The van der Waals surface area contributed by atoms with Crippen molar-refractivity contribution in [3.63, 3.8) is 0 Å². The molecule has 3 heterocycles. The molecule has 1 aliphatic rings. The maximum Gasteiger partial charge on any atom is 0.322 e. The lowest BCUT2D eigenvalue weighted by molar-refractivity contribution is 0.203. The molecule has 0 saturated heterocycles. The van der Waals surface area contributed by atoms with Crippen molar-refractivity contribution >= 4 is 34.5 Å². The van der Waals surface area contributed by atoms with Crippen LogP contribution in [0, 0.1) is 0 Å². The molecule has 0 bridgehead atoms. The summed E-state index contributed by atoms with van der Waals surface area (Å²) in [5.41, 5.74) is 3.20. The average molecular weight is 493 g/mol. The molecule has 0 aliphatic carbocycles. The predicted octanol–water partition coefficient (Wildman–Crippen LogP) is 6.16. The maximum atomic E-state index is 13.3. The number of hydrogen-bond acceptors (Lipinski definition) is 6. The van der Waals surface area contributed by atoms with Crippen LogP contribution in [0.2, 0.25) is 5.02 Å². The third kappa shape index (κ3) is 4.30. The summed E-state index contributed by atoms with van der Waals surface area (Å²) in [7, 11) is 1.61. The van der Waals surface area contributed by atoms with Gasteiger partial charge in [-0.05, 0) is 53.8 Å². The zero-order chi connectivity index (χ0) is 23.7. The lowest BCUT2D eigenvalue weighted by atomic mass is 9.94. The Kier molecular flexibility index (Phi) is 6.08. The third-order valence-corrected chi connectivity index (χ3v) is 6.75. The molecule has 0 fully saturated rings. The summed E-state index contributed by atoms with van der Waals surface area (Å²) in [5.74, 6) is 1.55. The Morgan fingerprint density at radius 2 is 2.03 bits per heavy atom. The summed E-state index contributed by atoms with van der Waals surface area (Å²) in [4.78, 5) is 20.5. The van der Waals surface area contributed by atoms with E-state index in [0.29, 0.717) is 29.0 Å². The summed E-state index contributed by atoms with van der Waals surface area (Å²) in [6, 6.07) is 18.2. The molecule has 2 aromatic heterocycles. The largest absolute Gasteiger partial charge is 0.497 e.